The number of hydrogen-bond acceptors (Lipinski definition) is 2. The van der Waals surface area contributed by atoms with Crippen molar-refractivity contribution in [1.82, 2.24) is 9.88 Å². The van der Waals surface area contributed by atoms with E-state index in [1.165, 1.54) is 22.2 Å². The van der Waals surface area contributed by atoms with Gasteiger partial charge in [0.1, 0.15) is 5.75 Å². The number of methoxy groups -OCH3 is 1. The molecule has 2 unspecified atom stereocenters. The summed E-state index contributed by atoms with van der Waals surface area (Å²) in [4.78, 5) is 19.1. The predicted octanol–water partition coefficient (Wildman–Crippen LogP) is 6.03. The van der Waals surface area contributed by atoms with Gasteiger partial charge in [-0.25, -0.2) is 0 Å². The second kappa shape index (κ2) is 8.21. The van der Waals surface area contributed by atoms with Gasteiger partial charge >= 0.3 is 0 Å². The van der Waals surface area contributed by atoms with E-state index in [-0.39, 0.29) is 11.3 Å². The van der Waals surface area contributed by atoms with Crippen LogP contribution in [0.2, 0.25) is 5.02 Å². The first-order valence-electron chi connectivity index (χ1n) is 11.9. The number of amides is 1. The van der Waals surface area contributed by atoms with Gasteiger partial charge in [0, 0.05) is 45.7 Å². The molecule has 2 heterocycles. The van der Waals surface area contributed by atoms with Crippen LogP contribution < -0.4 is 4.74 Å². The summed E-state index contributed by atoms with van der Waals surface area (Å²) in [5.74, 6) is 1.29. The SMILES string of the molecule is COc1cccc(C23CCN(C(=O)c4ccccc4)CC2Cc2c([nH]c4ccc(Cl)cc24)C3)c1. The summed E-state index contributed by atoms with van der Waals surface area (Å²) in [6, 6.07) is 24.2. The van der Waals surface area contributed by atoms with E-state index in [1.807, 2.05) is 47.4 Å². The summed E-state index contributed by atoms with van der Waals surface area (Å²) in [6.07, 6.45) is 2.74. The molecule has 0 spiro atoms. The van der Waals surface area contributed by atoms with Crippen molar-refractivity contribution >= 4 is 28.4 Å². The lowest BCUT2D eigenvalue weighted by Gasteiger charge is -2.51. The molecule has 2 aliphatic rings. The third-order valence-electron chi connectivity index (χ3n) is 7.90. The highest BCUT2D eigenvalue weighted by atomic mass is 35.5. The Morgan fingerprint density at radius 2 is 1.94 bits per heavy atom. The Morgan fingerprint density at radius 1 is 1.09 bits per heavy atom. The molecule has 1 amide bonds. The number of carbonyl (C=O) groups is 1. The average Bonchev–Trinajstić information content (AvgIpc) is 3.23. The van der Waals surface area contributed by atoms with Crippen LogP contribution in [0.15, 0.2) is 72.8 Å². The van der Waals surface area contributed by atoms with Gasteiger partial charge in [-0.3, -0.25) is 4.79 Å². The van der Waals surface area contributed by atoms with Crippen LogP contribution in [-0.2, 0) is 18.3 Å². The van der Waals surface area contributed by atoms with Crippen molar-refractivity contribution in [3.8, 4) is 5.75 Å². The highest BCUT2D eigenvalue weighted by molar-refractivity contribution is 6.31. The molecule has 172 valence electrons. The number of rotatable bonds is 3. The van der Waals surface area contributed by atoms with E-state index in [2.05, 4.69) is 35.3 Å². The molecule has 34 heavy (non-hydrogen) atoms. The smallest absolute Gasteiger partial charge is 0.253 e. The maximum atomic E-state index is 13.4. The molecule has 1 N–H and O–H groups in total. The zero-order valence-corrected chi connectivity index (χ0v) is 19.9. The molecule has 5 heteroatoms. The molecule has 1 aliphatic heterocycles. The van der Waals surface area contributed by atoms with Crippen molar-refractivity contribution in [2.24, 2.45) is 5.92 Å². The van der Waals surface area contributed by atoms with E-state index in [0.29, 0.717) is 5.92 Å². The van der Waals surface area contributed by atoms with Gasteiger partial charge in [0.25, 0.3) is 5.91 Å². The van der Waals surface area contributed by atoms with Gasteiger partial charge < -0.3 is 14.6 Å². The Hall–Kier alpha value is -3.24. The minimum absolute atomic E-state index is 0.0559. The van der Waals surface area contributed by atoms with Crippen molar-refractivity contribution in [2.45, 2.75) is 24.7 Å². The average molecular weight is 471 g/mol. The first-order chi connectivity index (χ1) is 16.6. The molecule has 1 fully saturated rings. The summed E-state index contributed by atoms with van der Waals surface area (Å²) in [7, 11) is 1.72. The van der Waals surface area contributed by atoms with Crippen LogP contribution in [0.5, 0.6) is 5.75 Å². The van der Waals surface area contributed by atoms with E-state index in [4.69, 9.17) is 16.3 Å². The van der Waals surface area contributed by atoms with Gasteiger partial charge in [0.15, 0.2) is 0 Å². The number of nitrogens with zero attached hydrogens (tertiary/aromatic N) is 1. The number of benzene rings is 3. The minimum Gasteiger partial charge on any atom is -0.497 e. The van der Waals surface area contributed by atoms with Gasteiger partial charge in [0.05, 0.1) is 7.11 Å². The maximum Gasteiger partial charge on any atom is 0.253 e. The lowest BCUT2D eigenvalue weighted by molar-refractivity contribution is 0.0501. The number of likely N-dealkylation sites (tertiary alicyclic amines) is 1. The summed E-state index contributed by atoms with van der Waals surface area (Å²) in [5, 5.41) is 1.96. The summed E-state index contributed by atoms with van der Waals surface area (Å²) < 4.78 is 5.58. The van der Waals surface area contributed by atoms with Crippen LogP contribution in [0, 0.1) is 5.92 Å². The highest BCUT2D eigenvalue weighted by Crippen LogP contribution is 2.50. The number of ether oxygens (including phenoxy) is 1. The lowest BCUT2D eigenvalue weighted by Crippen LogP contribution is -2.55. The van der Waals surface area contributed by atoms with Crippen molar-refractivity contribution in [2.75, 3.05) is 20.2 Å². The molecule has 6 rings (SSSR count). The third-order valence-corrected chi connectivity index (χ3v) is 8.14. The van der Waals surface area contributed by atoms with Crippen LogP contribution in [0.1, 0.15) is 33.6 Å². The molecule has 1 aromatic heterocycles. The number of fused-ring (bicyclic) bond motifs is 4. The van der Waals surface area contributed by atoms with E-state index >= 15 is 0 Å². The zero-order chi connectivity index (χ0) is 23.3. The summed E-state index contributed by atoms with van der Waals surface area (Å²) >= 11 is 6.36. The number of piperidine rings is 1. The molecule has 4 aromatic rings. The maximum absolute atomic E-state index is 13.4. The number of aromatic nitrogens is 1. The number of H-pyrrole nitrogens is 1. The van der Waals surface area contributed by atoms with E-state index in [9.17, 15) is 4.79 Å². The molecule has 3 aromatic carbocycles. The molecule has 0 saturated carbocycles. The molecule has 0 bridgehead atoms. The molecule has 2 atom stereocenters. The van der Waals surface area contributed by atoms with Crippen molar-refractivity contribution < 1.29 is 9.53 Å². The number of nitrogens with one attached hydrogen (secondary N) is 1. The monoisotopic (exact) mass is 470 g/mol. The van der Waals surface area contributed by atoms with Gasteiger partial charge in [-0.2, -0.15) is 0 Å². The Kier molecular flexibility index (Phi) is 5.14. The fourth-order valence-electron chi connectivity index (χ4n) is 6.15. The first kappa shape index (κ1) is 21.3. The minimum atomic E-state index is -0.0559. The molecule has 0 radical (unpaired) electrons. The van der Waals surface area contributed by atoms with Crippen LogP contribution in [0.4, 0.5) is 0 Å². The Labute approximate surface area is 204 Å². The topological polar surface area (TPSA) is 45.3 Å². The van der Waals surface area contributed by atoms with Crippen LogP contribution in [0.25, 0.3) is 10.9 Å². The van der Waals surface area contributed by atoms with Gasteiger partial charge in [-0.15, -0.1) is 0 Å². The van der Waals surface area contributed by atoms with Gasteiger partial charge in [0.2, 0.25) is 0 Å². The molecule has 4 nitrogen and oxygen atoms in total. The highest BCUT2D eigenvalue weighted by Gasteiger charge is 2.49. The Balaban J connectivity index is 1.44. The molecule has 1 aliphatic carbocycles. The first-order valence-corrected chi connectivity index (χ1v) is 12.2. The predicted molar refractivity (Wildman–Crippen MR) is 136 cm³/mol. The van der Waals surface area contributed by atoms with E-state index in [1.54, 1.807) is 7.11 Å². The normalized spacial score (nSPS) is 21.7. The van der Waals surface area contributed by atoms with Crippen LogP contribution in [0.3, 0.4) is 0 Å². The van der Waals surface area contributed by atoms with Crippen molar-refractivity contribution in [3.05, 3.63) is 100 Å². The second-order valence-electron chi connectivity index (χ2n) is 9.61. The van der Waals surface area contributed by atoms with Gasteiger partial charge in [-0.1, -0.05) is 41.9 Å². The fourth-order valence-corrected chi connectivity index (χ4v) is 6.32. The number of halogens is 1. The van der Waals surface area contributed by atoms with E-state index < -0.39 is 0 Å². The van der Waals surface area contributed by atoms with Crippen LogP contribution in [-0.4, -0.2) is 36.0 Å². The second-order valence-corrected chi connectivity index (χ2v) is 10.0. The molecular formula is C29H27ClN2O2. The standard InChI is InChI=1S/C29H27ClN2O2/c1-34-23-9-5-8-20(14-23)29-12-13-32(28(33)19-6-3-2-4-7-19)18-21(29)15-24-25-16-22(30)10-11-26(25)31-27(24)17-29/h2-11,14,16,21,31H,12-13,15,17-18H2,1H3. The molecular weight excluding hydrogens is 444 g/mol. The fraction of sp³-hybridized carbons (Fsp3) is 0.276. The van der Waals surface area contributed by atoms with Crippen molar-refractivity contribution in [3.63, 3.8) is 0 Å². The van der Waals surface area contributed by atoms with E-state index in [0.717, 1.165) is 54.2 Å². The molecule has 1 saturated heterocycles. The summed E-state index contributed by atoms with van der Waals surface area (Å²) in [6.45, 7) is 1.47. The largest absolute Gasteiger partial charge is 0.497 e. The van der Waals surface area contributed by atoms with Gasteiger partial charge in [-0.05, 0) is 78.8 Å². The Bertz CT molecular complexity index is 1380. The zero-order valence-electron chi connectivity index (χ0n) is 19.2. The quantitative estimate of drug-likeness (QED) is 0.397. The number of carbonyl (C=O) groups excluding carboxylic acids is 1. The van der Waals surface area contributed by atoms with Crippen molar-refractivity contribution in [1.29, 1.82) is 0 Å². The Morgan fingerprint density at radius 3 is 2.76 bits per heavy atom. The summed E-state index contributed by atoms with van der Waals surface area (Å²) in [5.41, 5.74) is 5.76. The lowest BCUT2D eigenvalue weighted by atomic mass is 9.58. The van der Waals surface area contributed by atoms with Crippen LogP contribution >= 0.6 is 11.6 Å². The number of hydrogen-bond donors (Lipinski definition) is 1. The third kappa shape index (κ3) is 3.40. The number of aromatic amines is 1.